The molecule has 25 heavy (non-hydrogen) atoms. The van der Waals surface area contributed by atoms with Crippen LogP contribution in [0.5, 0.6) is 0 Å². The van der Waals surface area contributed by atoms with Crippen LogP contribution in [0.15, 0.2) is 47.4 Å². The van der Waals surface area contributed by atoms with Gasteiger partial charge in [0.1, 0.15) is 0 Å². The molecule has 2 aromatic rings. The Bertz CT molecular complexity index is 967. The fraction of sp³-hybridized carbons (Fsp3) is 0.222. The Balaban J connectivity index is 1.82. The molecule has 0 aliphatic carbocycles. The number of fused-ring (bicyclic) bond motifs is 1. The van der Waals surface area contributed by atoms with E-state index in [1.54, 1.807) is 35.2 Å². The number of amides is 2. The van der Waals surface area contributed by atoms with E-state index in [-0.39, 0.29) is 16.7 Å². The molecule has 0 bridgehead atoms. The SMILES string of the molecule is CC(=O)N1CCc2cc(C(=O)Nc3cccc(S(C)(=O)=O)c3)ccc21. The van der Waals surface area contributed by atoms with Crippen LogP contribution in [0.3, 0.4) is 0 Å². The van der Waals surface area contributed by atoms with Gasteiger partial charge in [-0.1, -0.05) is 6.07 Å². The highest BCUT2D eigenvalue weighted by Crippen LogP contribution is 2.29. The summed E-state index contributed by atoms with van der Waals surface area (Å²) in [7, 11) is -3.34. The molecule has 0 fully saturated rings. The fourth-order valence-electron chi connectivity index (χ4n) is 2.88. The van der Waals surface area contributed by atoms with Crippen LogP contribution in [0.25, 0.3) is 0 Å². The van der Waals surface area contributed by atoms with E-state index >= 15 is 0 Å². The van der Waals surface area contributed by atoms with Crippen LogP contribution in [-0.2, 0) is 21.1 Å². The van der Waals surface area contributed by atoms with Crippen LogP contribution in [0.4, 0.5) is 11.4 Å². The van der Waals surface area contributed by atoms with E-state index in [4.69, 9.17) is 0 Å². The van der Waals surface area contributed by atoms with E-state index in [1.807, 2.05) is 0 Å². The normalized spacial score (nSPS) is 13.4. The zero-order valence-corrected chi connectivity index (χ0v) is 14.8. The van der Waals surface area contributed by atoms with Gasteiger partial charge < -0.3 is 10.2 Å². The van der Waals surface area contributed by atoms with E-state index in [0.29, 0.717) is 24.2 Å². The number of nitrogens with zero attached hydrogens (tertiary/aromatic N) is 1. The van der Waals surface area contributed by atoms with Crippen LogP contribution in [0.2, 0.25) is 0 Å². The van der Waals surface area contributed by atoms with Gasteiger partial charge in [0.2, 0.25) is 5.91 Å². The Morgan fingerprint density at radius 1 is 1.12 bits per heavy atom. The molecule has 1 aliphatic rings. The fourth-order valence-corrected chi connectivity index (χ4v) is 3.54. The largest absolute Gasteiger partial charge is 0.322 e. The first-order chi connectivity index (χ1) is 11.8. The van der Waals surface area contributed by atoms with Gasteiger partial charge in [-0.3, -0.25) is 9.59 Å². The second kappa shape index (κ2) is 6.33. The molecule has 1 aliphatic heterocycles. The van der Waals surface area contributed by atoms with Crippen LogP contribution >= 0.6 is 0 Å². The molecule has 6 nitrogen and oxygen atoms in total. The topological polar surface area (TPSA) is 83.6 Å². The Labute approximate surface area is 146 Å². The molecule has 2 amide bonds. The van der Waals surface area contributed by atoms with Crippen molar-refractivity contribution >= 4 is 33.0 Å². The van der Waals surface area contributed by atoms with Gasteiger partial charge in [0.15, 0.2) is 9.84 Å². The average molecular weight is 358 g/mol. The molecule has 0 spiro atoms. The minimum absolute atomic E-state index is 0.0199. The van der Waals surface area contributed by atoms with E-state index < -0.39 is 9.84 Å². The molecular formula is C18H18N2O4S. The summed E-state index contributed by atoms with van der Waals surface area (Å²) < 4.78 is 23.2. The molecule has 0 radical (unpaired) electrons. The molecule has 0 unspecified atom stereocenters. The monoisotopic (exact) mass is 358 g/mol. The lowest BCUT2D eigenvalue weighted by molar-refractivity contribution is -0.116. The third kappa shape index (κ3) is 3.56. The molecule has 1 N–H and O–H groups in total. The third-order valence-corrected chi connectivity index (χ3v) is 5.25. The minimum atomic E-state index is -3.34. The molecule has 2 aromatic carbocycles. The van der Waals surface area contributed by atoms with Crippen molar-refractivity contribution in [2.75, 3.05) is 23.0 Å². The lowest BCUT2D eigenvalue weighted by Crippen LogP contribution is -2.25. The summed E-state index contributed by atoms with van der Waals surface area (Å²) in [5.41, 5.74) is 2.67. The summed E-state index contributed by atoms with van der Waals surface area (Å²) in [6, 6.07) is 11.3. The number of hydrogen-bond donors (Lipinski definition) is 1. The first kappa shape index (κ1) is 17.2. The predicted octanol–water partition coefficient (Wildman–Crippen LogP) is 2.25. The molecule has 3 rings (SSSR count). The predicted molar refractivity (Wildman–Crippen MR) is 95.7 cm³/mol. The van der Waals surface area contributed by atoms with Crippen molar-refractivity contribution in [3.63, 3.8) is 0 Å². The number of nitrogens with one attached hydrogen (secondary N) is 1. The standard InChI is InChI=1S/C18H18N2O4S/c1-12(21)20-9-8-13-10-14(6-7-17(13)20)18(22)19-15-4-3-5-16(11-15)25(2,23)24/h3-7,10-11H,8-9H2,1-2H3,(H,19,22). The lowest BCUT2D eigenvalue weighted by Gasteiger charge is -2.14. The van der Waals surface area contributed by atoms with Crippen molar-refractivity contribution in [1.29, 1.82) is 0 Å². The highest BCUT2D eigenvalue weighted by Gasteiger charge is 2.23. The van der Waals surface area contributed by atoms with E-state index in [2.05, 4.69) is 5.32 Å². The Kier molecular flexibility index (Phi) is 4.34. The van der Waals surface area contributed by atoms with Gasteiger partial charge in [0.05, 0.1) is 4.90 Å². The highest BCUT2D eigenvalue weighted by atomic mass is 32.2. The summed E-state index contributed by atoms with van der Waals surface area (Å²) in [5.74, 6) is -0.344. The second-order valence-electron chi connectivity index (χ2n) is 6.02. The maximum atomic E-state index is 12.4. The van der Waals surface area contributed by atoms with Crippen molar-refractivity contribution in [3.8, 4) is 0 Å². The maximum absolute atomic E-state index is 12.4. The zero-order chi connectivity index (χ0) is 18.2. The maximum Gasteiger partial charge on any atom is 0.255 e. The van der Waals surface area contributed by atoms with Crippen molar-refractivity contribution in [2.45, 2.75) is 18.2 Å². The van der Waals surface area contributed by atoms with Gasteiger partial charge in [-0.25, -0.2) is 8.42 Å². The molecule has 0 aromatic heterocycles. The third-order valence-electron chi connectivity index (χ3n) is 4.14. The molecule has 0 saturated carbocycles. The number of sulfone groups is 1. The number of hydrogen-bond acceptors (Lipinski definition) is 4. The summed E-state index contributed by atoms with van der Waals surface area (Å²) in [6.45, 7) is 2.14. The van der Waals surface area contributed by atoms with Crippen LogP contribution in [0.1, 0.15) is 22.8 Å². The van der Waals surface area contributed by atoms with Crippen molar-refractivity contribution in [3.05, 3.63) is 53.6 Å². The van der Waals surface area contributed by atoms with Crippen molar-refractivity contribution < 1.29 is 18.0 Å². The summed E-state index contributed by atoms with van der Waals surface area (Å²) in [5, 5.41) is 2.71. The molecule has 0 saturated heterocycles. The Hall–Kier alpha value is -2.67. The zero-order valence-electron chi connectivity index (χ0n) is 13.9. The van der Waals surface area contributed by atoms with E-state index in [0.717, 1.165) is 17.5 Å². The van der Waals surface area contributed by atoms with Gasteiger partial charge >= 0.3 is 0 Å². The molecule has 0 atom stereocenters. The molecule has 7 heteroatoms. The van der Waals surface area contributed by atoms with Gasteiger partial charge in [-0.05, 0) is 48.4 Å². The van der Waals surface area contributed by atoms with Crippen LogP contribution in [-0.4, -0.2) is 33.0 Å². The van der Waals surface area contributed by atoms with Crippen LogP contribution < -0.4 is 10.2 Å². The van der Waals surface area contributed by atoms with Gasteiger partial charge in [-0.2, -0.15) is 0 Å². The number of anilines is 2. The van der Waals surface area contributed by atoms with Gasteiger partial charge in [0, 0.05) is 36.7 Å². The highest BCUT2D eigenvalue weighted by molar-refractivity contribution is 7.90. The molecular weight excluding hydrogens is 340 g/mol. The smallest absolute Gasteiger partial charge is 0.255 e. The number of carbonyl (C=O) groups is 2. The first-order valence-corrected chi connectivity index (χ1v) is 9.67. The van der Waals surface area contributed by atoms with Crippen LogP contribution in [0, 0.1) is 0 Å². The summed E-state index contributed by atoms with van der Waals surface area (Å²) >= 11 is 0. The van der Waals surface area contributed by atoms with E-state index in [1.165, 1.54) is 19.1 Å². The van der Waals surface area contributed by atoms with Crippen molar-refractivity contribution in [1.82, 2.24) is 0 Å². The second-order valence-corrected chi connectivity index (χ2v) is 8.03. The number of rotatable bonds is 3. The number of carbonyl (C=O) groups excluding carboxylic acids is 2. The number of benzene rings is 2. The lowest BCUT2D eigenvalue weighted by atomic mass is 10.1. The summed E-state index contributed by atoms with van der Waals surface area (Å²) in [6.07, 6.45) is 1.83. The van der Waals surface area contributed by atoms with Gasteiger partial charge in [0.25, 0.3) is 5.91 Å². The molecule has 130 valence electrons. The average Bonchev–Trinajstić information content (AvgIpc) is 2.97. The first-order valence-electron chi connectivity index (χ1n) is 7.78. The Morgan fingerprint density at radius 2 is 1.88 bits per heavy atom. The minimum Gasteiger partial charge on any atom is -0.322 e. The summed E-state index contributed by atoms with van der Waals surface area (Å²) in [4.78, 5) is 25.9. The van der Waals surface area contributed by atoms with Crippen molar-refractivity contribution in [2.24, 2.45) is 0 Å². The quantitative estimate of drug-likeness (QED) is 0.912. The van der Waals surface area contributed by atoms with Gasteiger partial charge in [-0.15, -0.1) is 0 Å². The molecule has 1 heterocycles. The Morgan fingerprint density at radius 3 is 2.56 bits per heavy atom. The van der Waals surface area contributed by atoms with E-state index in [9.17, 15) is 18.0 Å².